The lowest BCUT2D eigenvalue weighted by Gasteiger charge is -2.03. The molecular formula is C14H11N3O3. The van der Waals surface area contributed by atoms with E-state index in [2.05, 4.69) is 9.97 Å². The number of hydrogen-bond donors (Lipinski definition) is 0. The third-order valence-electron chi connectivity index (χ3n) is 2.64. The minimum atomic E-state index is -0.476. The van der Waals surface area contributed by atoms with Crippen LogP contribution in [0.15, 0.2) is 43.0 Å². The second-order valence-electron chi connectivity index (χ2n) is 4.09. The fraction of sp³-hybridized carbons (Fsp3) is 0.0714. The zero-order valence-electron chi connectivity index (χ0n) is 10.7. The zero-order chi connectivity index (χ0) is 14.5. The van der Waals surface area contributed by atoms with Gasteiger partial charge in [-0.25, -0.2) is 9.97 Å². The number of allylic oxidation sites excluding steroid dienone is 1. The molecule has 1 heterocycles. The van der Waals surface area contributed by atoms with Crippen molar-refractivity contribution in [1.82, 2.24) is 9.97 Å². The molecule has 0 bridgehead atoms. The van der Waals surface area contributed by atoms with Gasteiger partial charge in [0.25, 0.3) is 5.69 Å². The highest BCUT2D eigenvalue weighted by Gasteiger charge is 2.10. The largest absolute Gasteiger partial charge is 0.294 e. The number of carbonyl (C=O) groups is 1. The summed E-state index contributed by atoms with van der Waals surface area (Å²) in [4.78, 5) is 29.7. The van der Waals surface area contributed by atoms with E-state index in [9.17, 15) is 14.9 Å². The van der Waals surface area contributed by atoms with Gasteiger partial charge in [-0.1, -0.05) is 12.1 Å². The lowest BCUT2D eigenvalue weighted by atomic mass is 10.0. The first-order chi connectivity index (χ1) is 9.58. The first-order valence-corrected chi connectivity index (χ1v) is 5.80. The molecule has 20 heavy (non-hydrogen) atoms. The van der Waals surface area contributed by atoms with E-state index >= 15 is 0 Å². The molecule has 6 nitrogen and oxygen atoms in total. The smallest absolute Gasteiger partial charge is 0.270 e. The SMILES string of the molecule is CC(=O)/C(=C/c1cccc([N+](=O)[O-])c1)c1cncnc1. The van der Waals surface area contributed by atoms with Crippen molar-refractivity contribution in [3.8, 4) is 0 Å². The Bertz CT molecular complexity index is 681. The molecule has 1 aromatic heterocycles. The van der Waals surface area contributed by atoms with Crippen LogP contribution in [0.5, 0.6) is 0 Å². The van der Waals surface area contributed by atoms with Gasteiger partial charge in [0, 0.05) is 35.7 Å². The second kappa shape index (κ2) is 5.83. The first-order valence-electron chi connectivity index (χ1n) is 5.80. The number of aromatic nitrogens is 2. The van der Waals surface area contributed by atoms with E-state index in [1.807, 2.05) is 0 Å². The Morgan fingerprint density at radius 2 is 2.00 bits per heavy atom. The topological polar surface area (TPSA) is 86.0 Å². The number of nitro benzene ring substituents is 1. The van der Waals surface area contributed by atoms with Crippen molar-refractivity contribution in [3.63, 3.8) is 0 Å². The average molecular weight is 269 g/mol. The molecule has 0 saturated heterocycles. The molecule has 6 heteroatoms. The number of Topliss-reactive ketones (excluding diaryl/α,β-unsaturated/α-hetero) is 1. The summed E-state index contributed by atoms with van der Waals surface area (Å²) in [7, 11) is 0. The Hall–Kier alpha value is -2.89. The molecular weight excluding hydrogens is 258 g/mol. The molecule has 0 unspecified atom stereocenters. The van der Waals surface area contributed by atoms with Crippen LogP contribution in [0.25, 0.3) is 11.6 Å². The molecule has 0 radical (unpaired) electrons. The van der Waals surface area contributed by atoms with Crippen LogP contribution in [0.1, 0.15) is 18.1 Å². The molecule has 0 aliphatic carbocycles. The summed E-state index contributed by atoms with van der Waals surface area (Å²) in [6.07, 6.45) is 6.01. The van der Waals surface area contributed by atoms with E-state index in [0.29, 0.717) is 16.7 Å². The molecule has 2 rings (SSSR count). The van der Waals surface area contributed by atoms with Gasteiger partial charge in [0.15, 0.2) is 5.78 Å². The van der Waals surface area contributed by atoms with Crippen molar-refractivity contribution in [2.75, 3.05) is 0 Å². The van der Waals surface area contributed by atoms with Crippen molar-refractivity contribution in [2.45, 2.75) is 6.92 Å². The maximum Gasteiger partial charge on any atom is 0.270 e. The predicted molar refractivity (Wildman–Crippen MR) is 73.7 cm³/mol. The van der Waals surface area contributed by atoms with Crippen LogP contribution in [0.4, 0.5) is 5.69 Å². The van der Waals surface area contributed by atoms with Gasteiger partial charge in [-0.3, -0.25) is 14.9 Å². The molecule has 0 saturated carbocycles. The zero-order valence-corrected chi connectivity index (χ0v) is 10.7. The number of ketones is 1. The third kappa shape index (κ3) is 3.11. The maximum atomic E-state index is 11.7. The maximum absolute atomic E-state index is 11.7. The fourth-order valence-electron chi connectivity index (χ4n) is 1.72. The van der Waals surface area contributed by atoms with E-state index in [4.69, 9.17) is 0 Å². The Labute approximate surface area is 115 Å². The minimum Gasteiger partial charge on any atom is -0.294 e. The molecule has 0 fully saturated rings. The molecule has 0 spiro atoms. The Morgan fingerprint density at radius 3 is 2.60 bits per heavy atom. The van der Waals surface area contributed by atoms with Crippen LogP contribution in [0.3, 0.4) is 0 Å². The van der Waals surface area contributed by atoms with Crippen molar-refractivity contribution in [1.29, 1.82) is 0 Å². The van der Waals surface area contributed by atoms with Gasteiger partial charge in [-0.05, 0) is 18.6 Å². The quantitative estimate of drug-likeness (QED) is 0.483. The summed E-state index contributed by atoms with van der Waals surface area (Å²) in [5, 5.41) is 10.7. The molecule has 100 valence electrons. The van der Waals surface area contributed by atoms with Crippen molar-refractivity contribution in [3.05, 3.63) is 64.2 Å². The second-order valence-corrected chi connectivity index (χ2v) is 4.09. The van der Waals surface area contributed by atoms with Crippen LogP contribution in [0.2, 0.25) is 0 Å². The molecule has 0 N–H and O–H groups in total. The summed E-state index contributed by atoms with van der Waals surface area (Å²) in [5.41, 5.74) is 1.54. The summed E-state index contributed by atoms with van der Waals surface area (Å²) < 4.78 is 0. The number of non-ortho nitro benzene ring substituents is 1. The van der Waals surface area contributed by atoms with Gasteiger partial charge in [0.05, 0.1) is 4.92 Å². The Balaban J connectivity index is 2.47. The van der Waals surface area contributed by atoms with Crippen LogP contribution < -0.4 is 0 Å². The van der Waals surface area contributed by atoms with Crippen molar-refractivity contribution in [2.24, 2.45) is 0 Å². The van der Waals surface area contributed by atoms with E-state index in [1.54, 1.807) is 18.2 Å². The number of nitrogens with zero attached hydrogens (tertiary/aromatic N) is 3. The highest BCUT2D eigenvalue weighted by molar-refractivity contribution is 6.24. The molecule has 2 aromatic rings. The number of rotatable bonds is 4. The monoisotopic (exact) mass is 269 g/mol. The predicted octanol–water partition coefficient (Wildman–Crippen LogP) is 2.51. The highest BCUT2D eigenvalue weighted by Crippen LogP contribution is 2.20. The van der Waals surface area contributed by atoms with Gasteiger partial charge >= 0.3 is 0 Å². The summed E-state index contributed by atoms with van der Waals surface area (Å²) >= 11 is 0. The number of carbonyl (C=O) groups excluding carboxylic acids is 1. The Kier molecular flexibility index (Phi) is 3.95. The van der Waals surface area contributed by atoms with Crippen LogP contribution in [-0.2, 0) is 4.79 Å². The van der Waals surface area contributed by atoms with E-state index in [-0.39, 0.29) is 11.5 Å². The average Bonchev–Trinajstić information content (AvgIpc) is 2.45. The lowest BCUT2D eigenvalue weighted by Crippen LogP contribution is -1.97. The van der Waals surface area contributed by atoms with Crippen LogP contribution >= 0.6 is 0 Å². The van der Waals surface area contributed by atoms with Gasteiger partial charge in [0.1, 0.15) is 6.33 Å². The van der Waals surface area contributed by atoms with E-state index in [0.717, 1.165) is 0 Å². The number of benzene rings is 1. The normalized spacial score (nSPS) is 11.2. The molecule has 0 aliphatic rings. The highest BCUT2D eigenvalue weighted by atomic mass is 16.6. The lowest BCUT2D eigenvalue weighted by molar-refractivity contribution is -0.384. The van der Waals surface area contributed by atoms with E-state index in [1.165, 1.54) is 37.8 Å². The van der Waals surface area contributed by atoms with Gasteiger partial charge in [-0.15, -0.1) is 0 Å². The minimum absolute atomic E-state index is 0.0223. The van der Waals surface area contributed by atoms with Gasteiger partial charge in [0.2, 0.25) is 0 Å². The summed E-state index contributed by atoms with van der Waals surface area (Å²) in [6, 6.07) is 6.08. The number of hydrogen-bond acceptors (Lipinski definition) is 5. The van der Waals surface area contributed by atoms with Crippen molar-refractivity contribution >= 4 is 23.1 Å². The molecule has 0 atom stereocenters. The van der Waals surface area contributed by atoms with Crippen LogP contribution in [0, 0.1) is 10.1 Å². The van der Waals surface area contributed by atoms with Crippen LogP contribution in [-0.4, -0.2) is 20.7 Å². The summed E-state index contributed by atoms with van der Waals surface area (Å²) in [5.74, 6) is -0.161. The number of nitro groups is 1. The van der Waals surface area contributed by atoms with E-state index < -0.39 is 4.92 Å². The molecule has 1 aromatic carbocycles. The van der Waals surface area contributed by atoms with Gasteiger partial charge in [-0.2, -0.15) is 0 Å². The summed E-state index contributed by atoms with van der Waals surface area (Å²) in [6.45, 7) is 1.43. The Morgan fingerprint density at radius 1 is 1.30 bits per heavy atom. The van der Waals surface area contributed by atoms with Gasteiger partial charge < -0.3 is 0 Å². The first kappa shape index (κ1) is 13.5. The fourth-order valence-corrected chi connectivity index (χ4v) is 1.72. The van der Waals surface area contributed by atoms with Crippen molar-refractivity contribution < 1.29 is 9.72 Å². The standard InChI is InChI=1S/C14H11N3O3/c1-10(18)14(12-7-15-9-16-8-12)6-11-3-2-4-13(5-11)17(19)20/h2-9H,1H3/b14-6-. The molecule has 0 aliphatic heterocycles. The molecule has 0 amide bonds. The third-order valence-corrected chi connectivity index (χ3v) is 2.64.